The Kier molecular flexibility index (Phi) is 3.34. The van der Waals surface area contributed by atoms with Crippen LogP contribution in [0.25, 0.3) is 0 Å². The molecule has 2 rings (SSSR count). The first kappa shape index (κ1) is 10.6. The van der Waals surface area contributed by atoms with Crippen molar-refractivity contribution in [3.8, 4) is 0 Å². The minimum atomic E-state index is 0.624. The molecule has 0 amide bonds. The third kappa shape index (κ3) is 2.76. The van der Waals surface area contributed by atoms with Gasteiger partial charge in [-0.15, -0.1) is 0 Å². The topological polar surface area (TPSA) is 28.2 Å². The van der Waals surface area contributed by atoms with Crippen molar-refractivity contribution in [1.29, 1.82) is 0 Å². The zero-order valence-corrected chi connectivity index (χ0v) is 9.53. The first-order chi connectivity index (χ1) is 7.25. The predicted octanol–water partition coefficient (Wildman–Crippen LogP) is 1.18. The van der Waals surface area contributed by atoms with Gasteiger partial charge in [0.2, 0.25) is 0 Å². The van der Waals surface area contributed by atoms with Gasteiger partial charge >= 0.3 is 0 Å². The second-order valence-corrected chi connectivity index (χ2v) is 4.39. The summed E-state index contributed by atoms with van der Waals surface area (Å²) < 4.78 is 0. The number of hydrogen-bond acceptors (Lipinski definition) is 3. The van der Waals surface area contributed by atoms with Gasteiger partial charge in [0, 0.05) is 44.6 Å². The molecular formula is C12H19N3. The minimum Gasteiger partial charge on any atom is -0.314 e. The SMILES string of the molecule is Cc1cncc(CN2CCNCC2C)c1. The minimum absolute atomic E-state index is 0.624. The largest absolute Gasteiger partial charge is 0.314 e. The van der Waals surface area contributed by atoms with E-state index in [2.05, 4.69) is 35.1 Å². The standard InChI is InChI=1S/C12H19N3/c1-10-5-12(8-14-6-10)9-15-4-3-13-7-11(15)2/h5-6,8,11,13H,3-4,7,9H2,1-2H3. The van der Waals surface area contributed by atoms with Crippen LogP contribution < -0.4 is 5.32 Å². The summed E-state index contributed by atoms with van der Waals surface area (Å²) in [5.41, 5.74) is 2.57. The average Bonchev–Trinajstić information content (AvgIpc) is 2.22. The summed E-state index contributed by atoms with van der Waals surface area (Å²) in [5.74, 6) is 0. The van der Waals surface area contributed by atoms with Crippen LogP contribution in [0.15, 0.2) is 18.5 Å². The monoisotopic (exact) mass is 205 g/mol. The lowest BCUT2D eigenvalue weighted by atomic mass is 10.1. The maximum Gasteiger partial charge on any atom is 0.0313 e. The lowest BCUT2D eigenvalue weighted by molar-refractivity contribution is 0.165. The van der Waals surface area contributed by atoms with Crippen molar-refractivity contribution in [3.63, 3.8) is 0 Å². The van der Waals surface area contributed by atoms with Crippen LogP contribution >= 0.6 is 0 Å². The van der Waals surface area contributed by atoms with Crippen molar-refractivity contribution in [2.45, 2.75) is 26.4 Å². The third-order valence-corrected chi connectivity index (χ3v) is 2.96. The van der Waals surface area contributed by atoms with Crippen molar-refractivity contribution < 1.29 is 0 Å². The van der Waals surface area contributed by atoms with Crippen LogP contribution in [0.1, 0.15) is 18.1 Å². The molecule has 0 bridgehead atoms. The van der Waals surface area contributed by atoms with Gasteiger partial charge in [-0.05, 0) is 25.0 Å². The number of nitrogens with zero attached hydrogens (tertiary/aromatic N) is 2. The van der Waals surface area contributed by atoms with E-state index in [0.29, 0.717) is 6.04 Å². The summed E-state index contributed by atoms with van der Waals surface area (Å²) in [5, 5.41) is 3.40. The molecule has 3 nitrogen and oxygen atoms in total. The second-order valence-electron chi connectivity index (χ2n) is 4.39. The Labute approximate surface area is 91.5 Å². The van der Waals surface area contributed by atoms with Gasteiger partial charge in [-0.1, -0.05) is 6.07 Å². The number of pyridine rings is 1. The van der Waals surface area contributed by atoms with Crippen molar-refractivity contribution in [2.24, 2.45) is 0 Å². The molecule has 1 saturated heterocycles. The van der Waals surface area contributed by atoms with Crippen LogP contribution in [0.2, 0.25) is 0 Å². The van der Waals surface area contributed by atoms with Gasteiger partial charge in [-0.3, -0.25) is 9.88 Å². The zero-order valence-electron chi connectivity index (χ0n) is 9.53. The fourth-order valence-electron chi connectivity index (χ4n) is 2.06. The van der Waals surface area contributed by atoms with E-state index < -0.39 is 0 Å². The van der Waals surface area contributed by atoms with E-state index >= 15 is 0 Å². The molecule has 82 valence electrons. The molecule has 0 aromatic carbocycles. The highest BCUT2D eigenvalue weighted by atomic mass is 15.2. The number of rotatable bonds is 2. The van der Waals surface area contributed by atoms with Gasteiger partial charge in [-0.2, -0.15) is 0 Å². The Balaban J connectivity index is 2.01. The molecule has 0 spiro atoms. The highest BCUT2D eigenvalue weighted by Gasteiger charge is 2.17. The maximum absolute atomic E-state index is 4.23. The number of aryl methyl sites for hydroxylation is 1. The number of piperazine rings is 1. The normalized spacial score (nSPS) is 22.9. The Morgan fingerprint density at radius 3 is 3.13 bits per heavy atom. The predicted molar refractivity (Wildman–Crippen MR) is 61.7 cm³/mol. The maximum atomic E-state index is 4.23. The van der Waals surface area contributed by atoms with E-state index in [1.165, 1.54) is 11.1 Å². The highest BCUT2D eigenvalue weighted by Crippen LogP contribution is 2.10. The van der Waals surface area contributed by atoms with Gasteiger partial charge in [-0.25, -0.2) is 0 Å². The second kappa shape index (κ2) is 4.73. The molecule has 1 aliphatic heterocycles. The average molecular weight is 205 g/mol. The van der Waals surface area contributed by atoms with Crippen LogP contribution in [-0.2, 0) is 6.54 Å². The van der Waals surface area contributed by atoms with Gasteiger partial charge in [0.25, 0.3) is 0 Å². The van der Waals surface area contributed by atoms with Crippen LogP contribution in [0.3, 0.4) is 0 Å². The molecule has 1 aliphatic rings. The van der Waals surface area contributed by atoms with Gasteiger partial charge in [0.1, 0.15) is 0 Å². The first-order valence-corrected chi connectivity index (χ1v) is 5.61. The van der Waals surface area contributed by atoms with Crippen LogP contribution in [0, 0.1) is 6.92 Å². The highest BCUT2D eigenvalue weighted by molar-refractivity contribution is 5.16. The van der Waals surface area contributed by atoms with Crippen LogP contribution in [0.5, 0.6) is 0 Å². The molecule has 1 atom stereocenters. The molecule has 0 aliphatic carbocycles. The van der Waals surface area contributed by atoms with Crippen LogP contribution in [-0.4, -0.2) is 35.6 Å². The molecule has 1 unspecified atom stereocenters. The smallest absolute Gasteiger partial charge is 0.0313 e. The van der Waals surface area contributed by atoms with E-state index in [4.69, 9.17) is 0 Å². The molecule has 0 saturated carbocycles. The summed E-state index contributed by atoms with van der Waals surface area (Å²) in [7, 11) is 0. The number of aromatic nitrogens is 1. The lowest BCUT2D eigenvalue weighted by Gasteiger charge is -2.33. The zero-order chi connectivity index (χ0) is 10.7. The number of hydrogen-bond donors (Lipinski definition) is 1. The molecule has 1 fully saturated rings. The van der Waals surface area contributed by atoms with E-state index in [1.807, 2.05) is 12.4 Å². The van der Waals surface area contributed by atoms with Crippen molar-refractivity contribution in [2.75, 3.05) is 19.6 Å². The summed E-state index contributed by atoms with van der Waals surface area (Å²) in [6, 6.07) is 2.85. The molecule has 1 aromatic rings. The van der Waals surface area contributed by atoms with Crippen molar-refractivity contribution >= 4 is 0 Å². The van der Waals surface area contributed by atoms with E-state index in [0.717, 1.165) is 26.2 Å². The summed E-state index contributed by atoms with van der Waals surface area (Å²) in [6.45, 7) is 8.72. The summed E-state index contributed by atoms with van der Waals surface area (Å²) in [6.07, 6.45) is 3.88. The van der Waals surface area contributed by atoms with Gasteiger partial charge in [0.05, 0.1) is 0 Å². The fraction of sp³-hybridized carbons (Fsp3) is 0.583. The molecule has 0 radical (unpaired) electrons. The molecule has 1 N–H and O–H groups in total. The summed E-state index contributed by atoms with van der Waals surface area (Å²) in [4.78, 5) is 6.74. The molecular weight excluding hydrogens is 186 g/mol. The Morgan fingerprint density at radius 1 is 1.53 bits per heavy atom. The van der Waals surface area contributed by atoms with Crippen molar-refractivity contribution in [1.82, 2.24) is 15.2 Å². The summed E-state index contributed by atoms with van der Waals surface area (Å²) >= 11 is 0. The molecule has 1 aromatic heterocycles. The fourth-order valence-corrected chi connectivity index (χ4v) is 2.06. The van der Waals surface area contributed by atoms with E-state index in [9.17, 15) is 0 Å². The van der Waals surface area contributed by atoms with E-state index in [-0.39, 0.29) is 0 Å². The van der Waals surface area contributed by atoms with Gasteiger partial charge < -0.3 is 5.32 Å². The molecule has 3 heteroatoms. The molecule has 2 heterocycles. The Morgan fingerprint density at radius 2 is 2.40 bits per heavy atom. The quantitative estimate of drug-likeness (QED) is 0.786. The lowest BCUT2D eigenvalue weighted by Crippen LogP contribution is -2.49. The van der Waals surface area contributed by atoms with Gasteiger partial charge in [0.15, 0.2) is 0 Å². The molecule has 15 heavy (non-hydrogen) atoms. The third-order valence-electron chi connectivity index (χ3n) is 2.96. The first-order valence-electron chi connectivity index (χ1n) is 5.61. The Bertz CT molecular complexity index is 324. The van der Waals surface area contributed by atoms with Crippen LogP contribution in [0.4, 0.5) is 0 Å². The number of nitrogens with one attached hydrogen (secondary N) is 1. The Hall–Kier alpha value is -0.930. The van der Waals surface area contributed by atoms with Crippen molar-refractivity contribution in [3.05, 3.63) is 29.6 Å². The van der Waals surface area contributed by atoms with E-state index in [1.54, 1.807) is 0 Å².